The fraction of sp³-hybridized carbons (Fsp3) is 0. The van der Waals surface area contributed by atoms with Crippen LogP contribution in [0, 0.1) is 5.82 Å². The second-order valence-corrected chi connectivity index (χ2v) is 6.11. The van der Waals surface area contributed by atoms with Crippen LogP contribution in [0.5, 0.6) is 0 Å². The Morgan fingerprint density at radius 1 is 1.26 bits per heavy atom. The van der Waals surface area contributed by atoms with Crippen LogP contribution in [0.1, 0.15) is 0 Å². The van der Waals surface area contributed by atoms with Crippen molar-refractivity contribution in [1.29, 1.82) is 0 Å². The lowest BCUT2D eigenvalue weighted by Crippen LogP contribution is -2.20. The highest BCUT2D eigenvalue weighted by atomic mass is 79.9. The molecule has 1 aromatic carbocycles. The normalized spacial score (nSPS) is 11.3. The van der Waals surface area contributed by atoms with Crippen molar-refractivity contribution in [2.24, 2.45) is 0 Å². The molecule has 0 bridgehead atoms. The van der Waals surface area contributed by atoms with Crippen molar-refractivity contribution in [3.05, 3.63) is 57.2 Å². The minimum absolute atomic E-state index is 0.0314. The molecule has 0 aliphatic rings. The van der Waals surface area contributed by atoms with Crippen molar-refractivity contribution in [2.45, 2.75) is 4.90 Å². The average molecular weight is 347 g/mol. The summed E-state index contributed by atoms with van der Waals surface area (Å²) in [6.45, 7) is 0. The summed E-state index contributed by atoms with van der Waals surface area (Å²) in [6.07, 6.45) is 2.39. The van der Waals surface area contributed by atoms with E-state index in [0.717, 1.165) is 18.3 Å². The number of hydrogen-bond acceptors (Lipinski definition) is 3. The number of pyridine rings is 1. The van der Waals surface area contributed by atoms with Crippen LogP contribution in [0.2, 0.25) is 0 Å². The fourth-order valence-corrected chi connectivity index (χ4v) is 2.73. The van der Waals surface area contributed by atoms with Gasteiger partial charge in [0.25, 0.3) is 10.0 Å². The van der Waals surface area contributed by atoms with E-state index >= 15 is 0 Å². The summed E-state index contributed by atoms with van der Waals surface area (Å²) in [5, 5.41) is 0. The predicted molar refractivity (Wildman–Crippen MR) is 72.0 cm³/mol. The van der Waals surface area contributed by atoms with Crippen LogP contribution in [0.15, 0.2) is 50.8 Å². The third-order valence-corrected chi connectivity index (χ3v) is 4.30. The molecule has 0 aliphatic heterocycles. The topological polar surface area (TPSA) is 79.0 Å². The van der Waals surface area contributed by atoms with Crippen LogP contribution in [0.25, 0.3) is 0 Å². The zero-order valence-corrected chi connectivity index (χ0v) is 11.8. The Balaban J connectivity index is 2.40. The predicted octanol–water partition coefficient (Wildman–Crippen LogP) is 2.08. The Bertz CT molecular complexity index is 774. The highest BCUT2D eigenvalue weighted by Gasteiger charge is 2.18. The summed E-state index contributed by atoms with van der Waals surface area (Å²) in [5.74, 6) is -0.609. The second-order valence-electron chi connectivity index (χ2n) is 3.61. The van der Waals surface area contributed by atoms with Gasteiger partial charge in [0, 0.05) is 18.5 Å². The number of anilines is 1. The molecule has 0 unspecified atom stereocenters. The number of H-pyrrole nitrogens is 1. The minimum atomic E-state index is -4.05. The molecule has 0 saturated heterocycles. The van der Waals surface area contributed by atoms with E-state index in [4.69, 9.17) is 0 Å². The second kappa shape index (κ2) is 5.14. The van der Waals surface area contributed by atoms with E-state index in [1.54, 1.807) is 0 Å². The molecule has 0 spiro atoms. The van der Waals surface area contributed by atoms with E-state index in [0.29, 0.717) is 0 Å². The number of aromatic amines is 1. The molecule has 1 aromatic heterocycles. The van der Waals surface area contributed by atoms with Gasteiger partial charge in [0.1, 0.15) is 5.82 Å². The summed E-state index contributed by atoms with van der Waals surface area (Å²) < 4.78 is 39.5. The number of benzene rings is 1. The molecule has 2 rings (SSSR count). The maximum Gasteiger partial charge on any atom is 0.267 e. The van der Waals surface area contributed by atoms with Gasteiger partial charge in [-0.3, -0.25) is 9.52 Å². The lowest BCUT2D eigenvalue weighted by atomic mass is 10.3. The SMILES string of the molecule is O=c1cc[nH]cc1S(=O)(=O)Nc1ccc(Br)c(F)c1. The third-order valence-electron chi connectivity index (χ3n) is 2.25. The van der Waals surface area contributed by atoms with Gasteiger partial charge in [-0.25, -0.2) is 12.8 Å². The van der Waals surface area contributed by atoms with Gasteiger partial charge < -0.3 is 4.98 Å². The molecule has 2 aromatic rings. The number of sulfonamides is 1. The molecule has 19 heavy (non-hydrogen) atoms. The molecule has 2 N–H and O–H groups in total. The van der Waals surface area contributed by atoms with E-state index in [2.05, 4.69) is 25.6 Å². The zero-order chi connectivity index (χ0) is 14.0. The van der Waals surface area contributed by atoms with E-state index in [-0.39, 0.29) is 10.2 Å². The molecule has 5 nitrogen and oxygen atoms in total. The summed E-state index contributed by atoms with van der Waals surface area (Å²) >= 11 is 2.96. The summed E-state index contributed by atoms with van der Waals surface area (Å²) in [4.78, 5) is 13.5. The van der Waals surface area contributed by atoms with Gasteiger partial charge >= 0.3 is 0 Å². The fourth-order valence-electron chi connectivity index (χ4n) is 1.38. The van der Waals surface area contributed by atoms with Crippen LogP contribution in [-0.4, -0.2) is 13.4 Å². The highest BCUT2D eigenvalue weighted by molar-refractivity contribution is 9.10. The smallest absolute Gasteiger partial charge is 0.267 e. The van der Waals surface area contributed by atoms with Crippen molar-refractivity contribution in [2.75, 3.05) is 4.72 Å². The van der Waals surface area contributed by atoms with E-state index in [1.165, 1.54) is 18.3 Å². The first-order valence-corrected chi connectivity index (χ1v) is 7.33. The number of halogens is 2. The van der Waals surface area contributed by atoms with Gasteiger partial charge in [0.2, 0.25) is 5.43 Å². The molecule has 0 atom stereocenters. The van der Waals surface area contributed by atoms with Crippen molar-refractivity contribution in [3.8, 4) is 0 Å². The molecule has 0 saturated carbocycles. The first-order valence-electron chi connectivity index (χ1n) is 5.05. The summed E-state index contributed by atoms with van der Waals surface area (Å²) in [5.41, 5.74) is -0.618. The quantitative estimate of drug-likeness (QED) is 0.892. The van der Waals surface area contributed by atoms with Crippen LogP contribution in [0.4, 0.5) is 10.1 Å². The average Bonchev–Trinajstić information content (AvgIpc) is 2.34. The molecule has 0 radical (unpaired) electrons. The Morgan fingerprint density at radius 3 is 2.63 bits per heavy atom. The summed E-state index contributed by atoms with van der Waals surface area (Å²) in [7, 11) is -4.05. The van der Waals surface area contributed by atoms with Crippen LogP contribution in [0.3, 0.4) is 0 Å². The first kappa shape index (κ1) is 13.8. The lowest BCUT2D eigenvalue weighted by Gasteiger charge is -2.07. The Morgan fingerprint density at radius 2 is 2.00 bits per heavy atom. The third kappa shape index (κ3) is 3.02. The number of rotatable bonds is 3. The molecule has 0 aliphatic carbocycles. The maximum absolute atomic E-state index is 13.3. The van der Waals surface area contributed by atoms with Crippen LogP contribution >= 0.6 is 15.9 Å². The van der Waals surface area contributed by atoms with Crippen molar-refractivity contribution in [3.63, 3.8) is 0 Å². The van der Waals surface area contributed by atoms with E-state index in [1.807, 2.05) is 0 Å². The monoisotopic (exact) mass is 346 g/mol. The van der Waals surface area contributed by atoms with Crippen LogP contribution in [-0.2, 0) is 10.0 Å². The van der Waals surface area contributed by atoms with Gasteiger partial charge in [-0.2, -0.15) is 0 Å². The maximum atomic E-state index is 13.3. The Kier molecular flexibility index (Phi) is 3.72. The Hall–Kier alpha value is -1.67. The van der Waals surface area contributed by atoms with E-state index < -0.39 is 26.2 Å². The van der Waals surface area contributed by atoms with Crippen molar-refractivity contribution >= 4 is 31.6 Å². The number of aromatic nitrogens is 1. The van der Waals surface area contributed by atoms with Crippen molar-refractivity contribution in [1.82, 2.24) is 4.98 Å². The highest BCUT2D eigenvalue weighted by Crippen LogP contribution is 2.21. The molecule has 100 valence electrons. The van der Waals surface area contributed by atoms with Crippen molar-refractivity contribution < 1.29 is 12.8 Å². The molecule has 0 amide bonds. The molecule has 1 heterocycles. The molecular weight excluding hydrogens is 339 g/mol. The number of nitrogens with one attached hydrogen (secondary N) is 2. The van der Waals surface area contributed by atoms with Gasteiger partial charge in [-0.15, -0.1) is 0 Å². The minimum Gasteiger partial charge on any atom is -0.366 e. The largest absolute Gasteiger partial charge is 0.366 e. The first-order chi connectivity index (χ1) is 8.90. The van der Waals surface area contributed by atoms with Gasteiger partial charge in [-0.05, 0) is 34.1 Å². The van der Waals surface area contributed by atoms with Crippen LogP contribution < -0.4 is 10.2 Å². The van der Waals surface area contributed by atoms with Gasteiger partial charge in [0.05, 0.1) is 10.2 Å². The Labute approximate surface area is 116 Å². The zero-order valence-electron chi connectivity index (χ0n) is 9.35. The molecule has 8 heteroatoms. The standard InChI is InChI=1S/C11H8BrFN2O3S/c12-8-2-1-7(5-9(8)13)15-19(17,18)11-6-14-4-3-10(11)16/h1-6,15H,(H,14,16). The molecular formula is C11H8BrFN2O3S. The molecule has 0 fully saturated rings. The summed E-state index contributed by atoms with van der Waals surface area (Å²) in [6, 6.07) is 4.85. The number of hydrogen-bond donors (Lipinski definition) is 2. The van der Waals surface area contributed by atoms with Gasteiger partial charge in [0.15, 0.2) is 4.90 Å². The lowest BCUT2D eigenvalue weighted by molar-refractivity contribution is 0.600. The van der Waals surface area contributed by atoms with E-state index in [9.17, 15) is 17.6 Å². The van der Waals surface area contributed by atoms with Gasteiger partial charge in [-0.1, -0.05) is 0 Å².